The Kier molecular flexibility index (Phi) is 9.31. The van der Waals surface area contributed by atoms with Crippen molar-refractivity contribution in [2.75, 3.05) is 18.0 Å². The third-order valence-corrected chi connectivity index (χ3v) is 9.25. The molecule has 8 nitrogen and oxygen atoms in total. The van der Waals surface area contributed by atoms with Crippen LogP contribution in [-0.2, 0) is 32.7 Å². The van der Waals surface area contributed by atoms with Crippen molar-refractivity contribution in [2.45, 2.75) is 24.1 Å². The molecule has 1 aliphatic rings. The lowest BCUT2D eigenvalue weighted by Crippen LogP contribution is -2.52. The molecular weight excluding hydrogens is 616 g/mol. The SMILES string of the molecule is O=C(NCc1ccccc1)[C@@H]1CN(C(=O)CN(Cc2c(F)cccc2Cl)S(=O)(=O)c2ccc(Cl)cc2)c2ccccc2O1. The van der Waals surface area contributed by atoms with Crippen LogP contribution in [0.15, 0.2) is 102 Å². The Balaban J connectivity index is 1.43. The number of rotatable bonds is 9. The number of fused-ring (bicyclic) bond motifs is 1. The molecule has 1 aliphatic heterocycles. The highest BCUT2D eigenvalue weighted by Crippen LogP contribution is 2.34. The average molecular weight is 643 g/mol. The summed E-state index contributed by atoms with van der Waals surface area (Å²) in [5.41, 5.74) is 1.16. The van der Waals surface area contributed by atoms with Gasteiger partial charge in [-0.05, 0) is 54.1 Å². The van der Waals surface area contributed by atoms with E-state index in [-0.39, 0.29) is 34.3 Å². The number of amides is 2. The Morgan fingerprint density at radius 3 is 2.35 bits per heavy atom. The van der Waals surface area contributed by atoms with Crippen LogP contribution >= 0.6 is 23.2 Å². The fourth-order valence-corrected chi connectivity index (χ4v) is 6.29. The molecular formula is C31H26Cl2FN3O5S. The van der Waals surface area contributed by atoms with E-state index in [0.717, 1.165) is 15.9 Å². The summed E-state index contributed by atoms with van der Waals surface area (Å²) in [6.07, 6.45) is -1.06. The van der Waals surface area contributed by atoms with E-state index in [4.69, 9.17) is 27.9 Å². The Bertz CT molecular complexity index is 1720. The van der Waals surface area contributed by atoms with Gasteiger partial charge < -0.3 is 15.0 Å². The van der Waals surface area contributed by atoms with E-state index in [9.17, 15) is 22.4 Å². The smallest absolute Gasteiger partial charge is 0.263 e. The van der Waals surface area contributed by atoms with Crippen molar-refractivity contribution in [3.8, 4) is 5.75 Å². The fraction of sp³-hybridized carbons (Fsp3) is 0.161. The lowest BCUT2D eigenvalue weighted by Gasteiger charge is -2.35. The van der Waals surface area contributed by atoms with E-state index >= 15 is 0 Å². The first-order chi connectivity index (χ1) is 20.6. The highest BCUT2D eigenvalue weighted by molar-refractivity contribution is 7.89. The van der Waals surface area contributed by atoms with Gasteiger partial charge in [-0.15, -0.1) is 0 Å². The number of para-hydroxylation sites is 2. The number of halogens is 3. The minimum absolute atomic E-state index is 0.00984. The molecule has 0 spiro atoms. The molecule has 4 aromatic carbocycles. The first-order valence-electron chi connectivity index (χ1n) is 13.2. The highest BCUT2D eigenvalue weighted by atomic mass is 35.5. The molecule has 0 unspecified atom stereocenters. The first kappa shape index (κ1) is 30.5. The monoisotopic (exact) mass is 641 g/mol. The number of nitrogens with zero attached hydrogens (tertiary/aromatic N) is 2. The van der Waals surface area contributed by atoms with Crippen molar-refractivity contribution in [1.82, 2.24) is 9.62 Å². The Labute approximate surface area is 258 Å². The van der Waals surface area contributed by atoms with E-state index in [1.54, 1.807) is 24.3 Å². The average Bonchev–Trinajstić information content (AvgIpc) is 3.01. The van der Waals surface area contributed by atoms with Gasteiger partial charge in [-0.25, -0.2) is 12.8 Å². The number of hydrogen-bond acceptors (Lipinski definition) is 5. The Morgan fingerprint density at radius 2 is 1.63 bits per heavy atom. The number of carbonyl (C=O) groups excluding carboxylic acids is 2. The summed E-state index contributed by atoms with van der Waals surface area (Å²) in [7, 11) is -4.34. The molecule has 1 heterocycles. The molecule has 0 fully saturated rings. The van der Waals surface area contributed by atoms with Gasteiger partial charge in [0, 0.05) is 28.7 Å². The number of ether oxygens (including phenoxy) is 1. The molecule has 43 heavy (non-hydrogen) atoms. The maximum atomic E-state index is 14.8. The van der Waals surface area contributed by atoms with Gasteiger partial charge in [-0.1, -0.05) is 71.7 Å². The van der Waals surface area contributed by atoms with E-state index in [0.29, 0.717) is 10.7 Å². The minimum Gasteiger partial charge on any atom is -0.477 e. The number of anilines is 1. The molecule has 1 N–H and O–H groups in total. The van der Waals surface area contributed by atoms with Gasteiger partial charge in [0.2, 0.25) is 15.9 Å². The summed E-state index contributed by atoms with van der Waals surface area (Å²) in [4.78, 5) is 28.2. The van der Waals surface area contributed by atoms with Crippen LogP contribution in [0.3, 0.4) is 0 Å². The second-order valence-corrected chi connectivity index (χ2v) is 12.5. The zero-order chi connectivity index (χ0) is 30.6. The molecule has 2 amide bonds. The number of carbonyl (C=O) groups is 2. The molecule has 0 bridgehead atoms. The van der Waals surface area contributed by atoms with E-state index in [1.165, 1.54) is 41.3 Å². The van der Waals surface area contributed by atoms with Crippen molar-refractivity contribution >= 4 is 50.7 Å². The molecule has 1 atom stereocenters. The number of hydrogen-bond donors (Lipinski definition) is 1. The third kappa shape index (κ3) is 7.00. The van der Waals surface area contributed by atoms with Crippen molar-refractivity contribution < 1.29 is 27.1 Å². The van der Waals surface area contributed by atoms with E-state index in [2.05, 4.69) is 5.32 Å². The van der Waals surface area contributed by atoms with Crippen molar-refractivity contribution in [1.29, 1.82) is 0 Å². The van der Waals surface area contributed by atoms with E-state index in [1.807, 2.05) is 30.3 Å². The topological polar surface area (TPSA) is 96.0 Å². The summed E-state index contributed by atoms with van der Waals surface area (Å²) in [5.74, 6) is -1.53. The second-order valence-electron chi connectivity index (χ2n) is 9.71. The largest absolute Gasteiger partial charge is 0.477 e. The standard InChI is InChI=1S/C31H26Cl2FN3O5S/c32-22-13-15-23(16-14-22)43(40,41)36(18-24-25(33)9-6-10-26(24)34)20-30(38)37-19-29(42-28-12-5-4-11-27(28)37)31(39)35-17-21-7-2-1-3-8-21/h1-16,29H,17-20H2,(H,35,39)/t29-/m0/s1. The summed E-state index contributed by atoms with van der Waals surface area (Å²) in [6.45, 7) is -1.12. The summed E-state index contributed by atoms with van der Waals surface area (Å²) >= 11 is 12.2. The zero-order valence-electron chi connectivity index (χ0n) is 22.6. The van der Waals surface area contributed by atoms with Crippen LogP contribution in [0.5, 0.6) is 5.75 Å². The van der Waals surface area contributed by atoms with Crippen LogP contribution in [0.2, 0.25) is 10.0 Å². The third-order valence-electron chi connectivity index (χ3n) is 6.84. The lowest BCUT2D eigenvalue weighted by atomic mass is 10.1. The van der Waals surface area contributed by atoms with Gasteiger partial charge in [-0.3, -0.25) is 9.59 Å². The van der Waals surface area contributed by atoms with Crippen LogP contribution in [0, 0.1) is 5.82 Å². The number of benzene rings is 4. The summed E-state index contributed by atoms with van der Waals surface area (Å²) in [6, 6.07) is 25.4. The highest BCUT2D eigenvalue weighted by Gasteiger charge is 2.36. The fourth-order valence-electron chi connectivity index (χ4n) is 4.58. The van der Waals surface area contributed by atoms with Gasteiger partial charge in [-0.2, -0.15) is 4.31 Å². The van der Waals surface area contributed by atoms with Gasteiger partial charge in [0.1, 0.15) is 11.6 Å². The zero-order valence-corrected chi connectivity index (χ0v) is 24.9. The summed E-state index contributed by atoms with van der Waals surface area (Å²) in [5, 5.41) is 3.15. The maximum Gasteiger partial charge on any atom is 0.263 e. The molecule has 0 radical (unpaired) electrons. The van der Waals surface area contributed by atoms with Crippen LogP contribution in [-0.4, -0.2) is 43.7 Å². The molecule has 12 heteroatoms. The maximum absolute atomic E-state index is 14.8. The normalized spacial score (nSPS) is 14.6. The molecule has 0 aliphatic carbocycles. The van der Waals surface area contributed by atoms with Gasteiger partial charge >= 0.3 is 0 Å². The minimum atomic E-state index is -4.34. The van der Waals surface area contributed by atoms with Gasteiger partial charge in [0.15, 0.2) is 6.10 Å². The van der Waals surface area contributed by atoms with Gasteiger partial charge in [0.25, 0.3) is 5.91 Å². The molecule has 0 aromatic heterocycles. The van der Waals surface area contributed by atoms with Gasteiger partial charge in [0.05, 0.1) is 23.7 Å². The molecule has 5 rings (SSSR count). The van der Waals surface area contributed by atoms with Crippen LogP contribution in [0.25, 0.3) is 0 Å². The van der Waals surface area contributed by atoms with E-state index < -0.39 is 46.8 Å². The first-order valence-corrected chi connectivity index (χ1v) is 15.4. The van der Waals surface area contributed by atoms with Crippen LogP contribution in [0.1, 0.15) is 11.1 Å². The van der Waals surface area contributed by atoms with Crippen LogP contribution in [0.4, 0.5) is 10.1 Å². The molecule has 4 aromatic rings. The Morgan fingerprint density at radius 1 is 0.930 bits per heavy atom. The van der Waals surface area contributed by atoms with Crippen molar-refractivity contribution in [2.24, 2.45) is 0 Å². The van der Waals surface area contributed by atoms with Crippen molar-refractivity contribution in [3.05, 3.63) is 124 Å². The quantitative estimate of drug-likeness (QED) is 0.263. The second kappa shape index (κ2) is 13.1. The summed E-state index contributed by atoms with van der Waals surface area (Å²) < 4.78 is 49.1. The van der Waals surface area contributed by atoms with Crippen molar-refractivity contribution in [3.63, 3.8) is 0 Å². The molecule has 222 valence electrons. The molecule has 0 saturated heterocycles. The molecule has 0 saturated carbocycles. The number of sulfonamides is 1. The van der Waals surface area contributed by atoms with Crippen LogP contribution < -0.4 is 15.0 Å². The lowest BCUT2D eigenvalue weighted by molar-refractivity contribution is -0.128. The predicted octanol–water partition coefficient (Wildman–Crippen LogP) is 5.43. The Hall–Kier alpha value is -3.96. The number of nitrogens with one attached hydrogen (secondary N) is 1. The predicted molar refractivity (Wildman–Crippen MR) is 162 cm³/mol.